The lowest BCUT2D eigenvalue weighted by molar-refractivity contribution is -0.00485. The van der Waals surface area contributed by atoms with Crippen molar-refractivity contribution in [2.75, 3.05) is 38.8 Å². The Kier molecular flexibility index (Phi) is 4.81. The van der Waals surface area contributed by atoms with Gasteiger partial charge in [-0.05, 0) is 18.6 Å². The number of carbonyl (C=O) groups excluding carboxylic acids is 1. The maximum absolute atomic E-state index is 12.3. The number of aliphatic hydroxyl groups excluding tert-OH is 1. The smallest absolute Gasteiger partial charge is 0.322 e. The normalized spacial score (nSPS) is 18.8. The van der Waals surface area contributed by atoms with Crippen molar-refractivity contribution in [1.82, 2.24) is 4.90 Å². The third kappa shape index (κ3) is 3.02. The summed E-state index contributed by atoms with van der Waals surface area (Å²) in [5.41, 5.74) is 1.58. The number of anilines is 1. The Morgan fingerprint density at radius 2 is 2.40 bits per heavy atom. The second-order valence-corrected chi connectivity index (χ2v) is 4.69. The lowest BCUT2D eigenvalue weighted by Gasteiger charge is -2.34. The summed E-state index contributed by atoms with van der Waals surface area (Å²) in [5, 5.41) is 12.2. The minimum absolute atomic E-state index is 0.113. The van der Waals surface area contributed by atoms with Gasteiger partial charge in [0.15, 0.2) is 0 Å². The number of nitrogens with zero attached hydrogens (tertiary/aromatic N) is 1. The van der Waals surface area contributed by atoms with Gasteiger partial charge < -0.3 is 24.8 Å². The molecular weight excluding hydrogens is 260 g/mol. The molecule has 20 heavy (non-hydrogen) atoms. The molecule has 0 bridgehead atoms. The number of hydrogen-bond donors (Lipinski definition) is 2. The van der Waals surface area contributed by atoms with Crippen molar-refractivity contribution in [2.24, 2.45) is 0 Å². The molecule has 110 valence electrons. The monoisotopic (exact) mass is 280 g/mol. The fourth-order valence-electron chi connectivity index (χ4n) is 2.22. The van der Waals surface area contributed by atoms with E-state index in [2.05, 4.69) is 5.32 Å². The van der Waals surface area contributed by atoms with E-state index < -0.39 is 0 Å². The van der Waals surface area contributed by atoms with E-state index in [4.69, 9.17) is 9.47 Å². The number of urea groups is 1. The molecule has 2 rings (SSSR count). The number of methoxy groups -OCH3 is 1. The van der Waals surface area contributed by atoms with Crippen molar-refractivity contribution in [1.29, 1.82) is 0 Å². The number of ether oxygens (including phenoxy) is 2. The molecule has 1 heterocycles. The van der Waals surface area contributed by atoms with Gasteiger partial charge in [-0.3, -0.25) is 0 Å². The first-order valence-electron chi connectivity index (χ1n) is 6.57. The lowest BCUT2D eigenvalue weighted by Crippen LogP contribution is -2.52. The van der Waals surface area contributed by atoms with E-state index in [9.17, 15) is 9.90 Å². The molecule has 1 aromatic rings. The molecule has 2 N–H and O–H groups in total. The van der Waals surface area contributed by atoms with Gasteiger partial charge >= 0.3 is 6.03 Å². The van der Waals surface area contributed by atoms with Crippen LogP contribution >= 0.6 is 0 Å². The fourth-order valence-corrected chi connectivity index (χ4v) is 2.22. The first-order valence-corrected chi connectivity index (χ1v) is 6.57. The Bertz CT molecular complexity index is 478. The number of benzene rings is 1. The van der Waals surface area contributed by atoms with E-state index in [1.165, 1.54) is 0 Å². The molecule has 1 saturated heterocycles. The number of rotatable bonds is 3. The number of hydrogen-bond acceptors (Lipinski definition) is 4. The second kappa shape index (κ2) is 6.58. The Labute approximate surface area is 118 Å². The van der Waals surface area contributed by atoms with Crippen LogP contribution in [0.15, 0.2) is 18.2 Å². The van der Waals surface area contributed by atoms with Crippen LogP contribution in [-0.2, 0) is 4.74 Å². The Morgan fingerprint density at radius 1 is 1.60 bits per heavy atom. The third-order valence-electron chi connectivity index (χ3n) is 3.39. The predicted molar refractivity (Wildman–Crippen MR) is 75.1 cm³/mol. The standard InChI is InChI=1S/C14H20N2O4/c1-10-4-3-5-12(19-2)13(10)15-14(18)16-6-7-20-9-11(16)8-17/h3-5,11,17H,6-9H2,1-2H3,(H,15,18). The van der Waals surface area contributed by atoms with Crippen LogP contribution in [0.1, 0.15) is 5.56 Å². The molecule has 0 spiro atoms. The number of morpholine rings is 1. The van der Waals surface area contributed by atoms with Crippen LogP contribution in [0, 0.1) is 6.92 Å². The van der Waals surface area contributed by atoms with Gasteiger partial charge in [0.2, 0.25) is 0 Å². The van der Waals surface area contributed by atoms with Crippen LogP contribution in [0.25, 0.3) is 0 Å². The van der Waals surface area contributed by atoms with E-state index in [0.717, 1.165) is 5.56 Å². The van der Waals surface area contributed by atoms with Crippen LogP contribution in [0.5, 0.6) is 5.75 Å². The van der Waals surface area contributed by atoms with Crippen LogP contribution < -0.4 is 10.1 Å². The number of aryl methyl sites for hydroxylation is 1. The Balaban J connectivity index is 2.15. The summed E-state index contributed by atoms with van der Waals surface area (Å²) in [6.07, 6.45) is 0. The van der Waals surface area contributed by atoms with E-state index >= 15 is 0 Å². The van der Waals surface area contributed by atoms with E-state index in [1.54, 1.807) is 18.1 Å². The third-order valence-corrected chi connectivity index (χ3v) is 3.39. The SMILES string of the molecule is COc1cccc(C)c1NC(=O)N1CCOCC1CO. The molecule has 1 atom stereocenters. The summed E-state index contributed by atoms with van der Waals surface area (Å²) in [6.45, 7) is 3.09. The van der Waals surface area contributed by atoms with Crippen molar-refractivity contribution in [3.05, 3.63) is 23.8 Å². The fraction of sp³-hybridized carbons (Fsp3) is 0.500. The zero-order chi connectivity index (χ0) is 14.5. The molecule has 6 nitrogen and oxygen atoms in total. The summed E-state index contributed by atoms with van der Waals surface area (Å²) in [7, 11) is 1.57. The summed E-state index contributed by atoms with van der Waals surface area (Å²) in [6, 6.07) is 5.01. The van der Waals surface area contributed by atoms with Crippen molar-refractivity contribution in [2.45, 2.75) is 13.0 Å². The van der Waals surface area contributed by atoms with Crippen molar-refractivity contribution < 1.29 is 19.4 Å². The molecule has 1 aliphatic rings. The van der Waals surface area contributed by atoms with Gasteiger partial charge in [0, 0.05) is 6.54 Å². The highest BCUT2D eigenvalue weighted by Gasteiger charge is 2.27. The second-order valence-electron chi connectivity index (χ2n) is 4.69. The molecule has 1 aromatic carbocycles. The van der Waals surface area contributed by atoms with Crippen molar-refractivity contribution in [3.63, 3.8) is 0 Å². The molecule has 0 aliphatic carbocycles. The molecule has 1 unspecified atom stereocenters. The van der Waals surface area contributed by atoms with Crippen LogP contribution in [-0.4, -0.2) is 55.6 Å². The first kappa shape index (κ1) is 14.6. The van der Waals surface area contributed by atoms with Gasteiger partial charge in [-0.15, -0.1) is 0 Å². The molecule has 1 aliphatic heterocycles. The van der Waals surface area contributed by atoms with Crippen LogP contribution in [0.3, 0.4) is 0 Å². The first-order chi connectivity index (χ1) is 9.67. The molecule has 2 amide bonds. The summed E-state index contributed by atoms with van der Waals surface area (Å²) < 4.78 is 10.5. The highest BCUT2D eigenvalue weighted by Crippen LogP contribution is 2.28. The maximum atomic E-state index is 12.3. The average molecular weight is 280 g/mol. The number of para-hydroxylation sites is 1. The minimum Gasteiger partial charge on any atom is -0.495 e. The molecule has 0 aromatic heterocycles. The van der Waals surface area contributed by atoms with Gasteiger partial charge in [-0.25, -0.2) is 4.79 Å². The quantitative estimate of drug-likeness (QED) is 0.873. The van der Waals surface area contributed by atoms with Crippen molar-refractivity contribution >= 4 is 11.7 Å². The van der Waals surface area contributed by atoms with Gasteiger partial charge in [0.1, 0.15) is 5.75 Å². The van der Waals surface area contributed by atoms with Crippen LogP contribution in [0.2, 0.25) is 0 Å². The number of amides is 2. The highest BCUT2D eigenvalue weighted by atomic mass is 16.5. The van der Waals surface area contributed by atoms with E-state index in [0.29, 0.717) is 31.2 Å². The number of aliphatic hydroxyl groups is 1. The van der Waals surface area contributed by atoms with E-state index in [-0.39, 0.29) is 18.7 Å². The maximum Gasteiger partial charge on any atom is 0.322 e. The van der Waals surface area contributed by atoms with Gasteiger partial charge in [-0.2, -0.15) is 0 Å². The lowest BCUT2D eigenvalue weighted by atomic mass is 10.2. The van der Waals surface area contributed by atoms with E-state index in [1.807, 2.05) is 19.1 Å². The number of nitrogens with one attached hydrogen (secondary N) is 1. The number of carbonyl (C=O) groups is 1. The molecule has 6 heteroatoms. The molecule has 0 saturated carbocycles. The van der Waals surface area contributed by atoms with Crippen molar-refractivity contribution in [3.8, 4) is 5.75 Å². The Hall–Kier alpha value is -1.79. The molecule has 1 fully saturated rings. The average Bonchev–Trinajstić information content (AvgIpc) is 2.49. The predicted octanol–water partition coefficient (Wildman–Crippen LogP) is 1.23. The summed E-state index contributed by atoms with van der Waals surface area (Å²) in [5.74, 6) is 0.618. The van der Waals surface area contributed by atoms with Gasteiger partial charge in [-0.1, -0.05) is 12.1 Å². The zero-order valence-electron chi connectivity index (χ0n) is 11.8. The highest BCUT2D eigenvalue weighted by molar-refractivity contribution is 5.92. The van der Waals surface area contributed by atoms with Crippen LogP contribution in [0.4, 0.5) is 10.5 Å². The largest absolute Gasteiger partial charge is 0.495 e. The van der Waals surface area contributed by atoms with Gasteiger partial charge in [0.25, 0.3) is 0 Å². The molecular formula is C14H20N2O4. The summed E-state index contributed by atoms with van der Waals surface area (Å²) in [4.78, 5) is 13.9. The zero-order valence-corrected chi connectivity index (χ0v) is 11.8. The summed E-state index contributed by atoms with van der Waals surface area (Å²) >= 11 is 0. The molecule has 0 radical (unpaired) electrons. The van der Waals surface area contributed by atoms with Gasteiger partial charge in [0.05, 0.1) is 38.7 Å². The Morgan fingerprint density at radius 3 is 3.10 bits per heavy atom. The minimum atomic E-state index is -0.307. The topological polar surface area (TPSA) is 71.0 Å².